The average molecular weight is 497 g/mol. The van der Waals surface area contributed by atoms with E-state index in [0.29, 0.717) is 17.9 Å². The lowest BCUT2D eigenvalue weighted by molar-refractivity contribution is -0.153. The summed E-state index contributed by atoms with van der Waals surface area (Å²) < 4.78 is 57.2. The van der Waals surface area contributed by atoms with Crippen molar-refractivity contribution in [3.05, 3.63) is 53.3 Å². The number of benzene rings is 2. The summed E-state index contributed by atoms with van der Waals surface area (Å²) in [5.41, 5.74) is 0.506. The fourth-order valence-electron chi connectivity index (χ4n) is 3.88. The van der Waals surface area contributed by atoms with E-state index in [-0.39, 0.29) is 34.1 Å². The Kier molecular flexibility index (Phi) is 9.51. The third kappa shape index (κ3) is 8.06. The molecule has 35 heavy (non-hydrogen) atoms. The standard InChI is InChI=1S/C20H20F4O2.C8H16O/c1-4-13-9-10-15(21)18(17(13)19(25)12(2)3)14-7-5-6-8-16(14)26-11-20(22,23)24;1-6(7-4-5-7)8(2,3)9/h5-10,12H,4,11H2,1-3H3;6-7,9H,4-5H2,1-3H3. The van der Waals surface area contributed by atoms with E-state index in [2.05, 4.69) is 6.92 Å². The number of carbonyl (C=O) groups is 1. The molecule has 0 heterocycles. The molecule has 3 rings (SSSR count). The van der Waals surface area contributed by atoms with Crippen LogP contribution >= 0.6 is 0 Å². The number of aryl methyl sites for hydroxylation is 1. The summed E-state index contributed by atoms with van der Waals surface area (Å²) in [5.74, 6) is -0.141. The van der Waals surface area contributed by atoms with E-state index in [1.165, 1.54) is 43.2 Å². The first kappa shape index (κ1) is 28.8. The number of ketones is 1. The van der Waals surface area contributed by atoms with Crippen molar-refractivity contribution in [1.29, 1.82) is 0 Å². The lowest BCUT2D eigenvalue weighted by Gasteiger charge is -2.25. The maximum atomic E-state index is 14.7. The summed E-state index contributed by atoms with van der Waals surface area (Å²) in [7, 11) is 0. The Hall–Kier alpha value is -2.41. The number of carbonyl (C=O) groups excluding carboxylic acids is 1. The van der Waals surface area contributed by atoms with Gasteiger partial charge >= 0.3 is 6.18 Å². The summed E-state index contributed by atoms with van der Waals surface area (Å²) in [6.45, 7) is 9.67. The number of ether oxygens (including phenoxy) is 1. The minimum Gasteiger partial charge on any atom is -0.483 e. The molecule has 0 amide bonds. The lowest BCUT2D eigenvalue weighted by Crippen LogP contribution is -2.29. The number of halogens is 4. The van der Waals surface area contributed by atoms with Crippen LogP contribution in [0.5, 0.6) is 5.75 Å². The molecule has 0 aromatic heterocycles. The van der Waals surface area contributed by atoms with Crippen LogP contribution in [-0.2, 0) is 6.42 Å². The summed E-state index contributed by atoms with van der Waals surface area (Å²) >= 11 is 0. The Balaban J connectivity index is 0.000000402. The second-order valence-electron chi connectivity index (χ2n) is 10.0. The number of hydrogen-bond donors (Lipinski definition) is 1. The lowest BCUT2D eigenvalue weighted by atomic mass is 9.87. The van der Waals surface area contributed by atoms with Gasteiger partial charge in [0, 0.05) is 22.6 Å². The SMILES string of the molecule is CC(C1CC1)C(C)(C)O.CCc1ccc(F)c(-c2ccccc2OCC(F)(F)F)c1C(=O)C(C)C. The van der Waals surface area contributed by atoms with Gasteiger partial charge in [-0.3, -0.25) is 4.79 Å². The van der Waals surface area contributed by atoms with E-state index < -0.39 is 24.2 Å². The first-order valence-corrected chi connectivity index (χ1v) is 12.0. The molecular formula is C28H36F4O3. The fourth-order valence-corrected chi connectivity index (χ4v) is 3.88. The van der Waals surface area contributed by atoms with Gasteiger partial charge in [0.05, 0.1) is 5.60 Å². The van der Waals surface area contributed by atoms with Crippen LogP contribution in [0.2, 0.25) is 0 Å². The van der Waals surface area contributed by atoms with Gasteiger partial charge in [0.25, 0.3) is 0 Å². The van der Waals surface area contributed by atoms with E-state index in [1.807, 2.05) is 20.8 Å². The number of Topliss-reactive ketones (excluding diaryl/α,β-unsaturated/α-hetero) is 1. The molecule has 3 nitrogen and oxygen atoms in total. The van der Waals surface area contributed by atoms with Crippen molar-refractivity contribution in [3.63, 3.8) is 0 Å². The third-order valence-electron chi connectivity index (χ3n) is 6.38. The van der Waals surface area contributed by atoms with Crippen LogP contribution in [0.3, 0.4) is 0 Å². The second kappa shape index (κ2) is 11.5. The van der Waals surface area contributed by atoms with Crippen LogP contribution < -0.4 is 4.74 Å². The van der Waals surface area contributed by atoms with Gasteiger partial charge in [-0.15, -0.1) is 0 Å². The van der Waals surface area contributed by atoms with Crippen molar-refractivity contribution in [3.8, 4) is 16.9 Å². The normalized spacial score (nSPS) is 14.9. The predicted octanol–water partition coefficient (Wildman–Crippen LogP) is 7.64. The smallest absolute Gasteiger partial charge is 0.422 e. The number of hydrogen-bond acceptors (Lipinski definition) is 3. The van der Waals surface area contributed by atoms with Gasteiger partial charge in [0.1, 0.15) is 11.6 Å². The summed E-state index contributed by atoms with van der Waals surface area (Å²) in [4.78, 5) is 12.7. The summed E-state index contributed by atoms with van der Waals surface area (Å²) in [6, 6.07) is 8.63. The Morgan fingerprint density at radius 2 is 1.69 bits per heavy atom. The number of aliphatic hydroxyl groups is 1. The van der Waals surface area contributed by atoms with Crippen molar-refractivity contribution < 1.29 is 32.2 Å². The highest BCUT2D eigenvalue weighted by Gasteiger charge is 2.36. The summed E-state index contributed by atoms with van der Waals surface area (Å²) in [5, 5.41) is 9.50. The van der Waals surface area contributed by atoms with Crippen molar-refractivity contribution in [2.75, 3.05) is 6.61 Å². The highest BCUT2D eigenvalue weighted by molar-refractivity contribution is 6.05. The number of rotatable bonds is 8. The summed E-state index contributed by atoms with van der Waals surface area (Å²) in [6.07, 6.45) is -1.38. The molecule has 7 heteroatoms. The highest BCUT2D eigenvalue weighted by Crippen LogP contribution is 2.41. The maximum Gasteiger partial charge on any atom is 0.422 e. The molecule has 194 valence electrons. The zero-order chi connectivity index (χ0) is 26.6. The van der Waals surface area contributed by atoms with Crippen molar-refractivity contribution in [1.82, 2.24) is 0 Å². The van der Waals surface area contributed by atoms with Gasteiger partial charge in [-0.1, -0.05) is 52.0 Å². The van der Waals surface area contributed by atoms with E-state index in [1.54, 1.807) is 19.9 Å². The van der Waals surface area contributed by atoms with E-state index in [4.69, 9.17) is 4.74 Å². The van der Waals surface area contributed by atoms with Crippen molar-refractivity contribution in [2.45, 2.75) is 72.6 Å². The van der Waals surface area contributed by atoms with Gasteiger partial charge in [-0.25, -0.2) is 4.39 Å². The van der Waals surface area contributed by atoms with Gasteiger partial charge in [-0.2, -0.15) is 13.2 Å². The Labute approximate surface area is 205 Å². The fraction of sp³-hybridized carbons (Fsp3) is 0.536. The molecule has 1 unspecified atom stereocenters. The van der Waals surface area contributed by atoms with E-state index in [0.717, 1.165) is 5.92 Å². The zero-order valence-electron chi connectivity index (χ0n) is 21.3. The van der Waals surface area contributed by atoms with Gasteiger partial charge < -0.3 is 9.84 Å². The van der Waals surface area contributed by atoms with Crippen LogP contribution in [0.15, 0.2) is 36.4 Å². The highest BCUT2D eigenvalue weighted by atomic mass is 19.4. The topological polar surface area (TPSA) is 46.5 Å². The number of alkyl halides is 3. The molecule has 0 aliphatic heterocycles. The molecule has 1 aliphatic rings. The van der Waals surface area contributed by atoms with Crippen LogP contribution in [0.4, 0.5) is 17.6 Å². The third-order valence-corrected chi connectivity index (χ3v) is 6.38. The van der Waals surface area contributed by atoms with Crippen LogP contribution in [-0.4, -0.2) is 29.3 Å². The molecule has 0 spiro atoms. The van der Waals surface area contributed by atoms with Crippen molar-refractivity contribution >= 4 is 5.78 Å². The van der Waals surface area contributed by atoms with Crippen LogP contribution in [0.1, 0.15) is 70.3 Å². The Morgan fingerprint density at radius 1 is 1.09 bits per heavy atom. The van der Waals surface area contributed by atoms with E-state index in [9.17, 15) is 27.5 Å². The van der Waals surface area contributed by atoms with E-state index >= 15 is 0 Å². The largest absolute Gasteiger partial charge is 0.483 e. The molecule has 1 atom stereocenters. The van der Waals surface area contributed by atoms with Gasteiger partial charge in [-0.05, 0) is 62.6 Å². The number of para-hydroxylation sites is 1. The first-order valence-electron chi connectivity index (χ1n) is 12.0. The molecule has 1 aliphatic carbocycles. The van der Waals surface area contributed by atoms with Crippen LogP contribution in [0, 0.1) is 23.6 Å². The molecule has 1 saturated carbocycles. The molecule has 1 fully saturated rings. The zero-order valence-corrected chi connectivity index (χ0v) is 21.3. The maximum absolute atomic E-state index is 14.7. The van der Waals surface area contributed by atoms with Gasteiger partial charge in [0.15, 0.2) is 12.4 Å². The minimum absolute atomic E-state index is 0.0131. The monoisotopic (exact) mass is 496 g/mol. The predicted molar refractivity (Wildman–Crippen MR) is 130 cm³/mol. The average Bonchev–Trinajstić information content (AvgIpc) is 3.61. The molecule has 0 bridgehead atoms. The minimum atomic E-state index is -4.52. The molecule has 2 aromatic rings. The quantitative estimate of drug-likeness (QED) is 0.302. The molecule has 0 radical (unpaired) electrons. The first-order chi connectivity index (χ1) is 16.2. The van der Waals surface area contributed by atoms with Crippen molar-refractivity contribution in [2.24, 2.45) is 17.8 Å². The van der Waals surface area contributed by atoms with Gasteiger partial charge in [0.2, 0.25) is 0 Å². The Morgan fingerprint density at radius 3 is 2.14 bits per heavy atom. The van der Waals surface area contributed by atoms with Crippen LogP contribution in [0.25, 0.3) is 11.1 Å². The molecular weight excluding hydrogens is 460 g/mol. The molecule has 2 aromatic carbocycles. The molecule has 1 N–H and O–H groups in total. The molecule has 0 saturated heterocycles. The Bertz CT molecular complexity index is 1000. The second-order valence-corrected chi connectivity index (χ2v) is 10.0.